The average molecular weight is 218 g/mol. The normalized spacial score (nSPS) is 21.2. The minimum absolute atomic E-state index is 0.0129. The van der Waals surface area contributed by atoms with E-state index in [2.05, 4.69) is 4.72 Å². The van der Waals surface area contributed by atoms with Crippen molar-refractivity contribution in [1.82, 2.24) is 4.72 Å². The predicted molar refractivity (Wildman–Crippen MR) is 50.7 cm³/mol. The van der Waals surface area contributed by atoms with Gasteiger partial charge in [-0.05, 0) is 25.7 Å². The van der Waals surface area contributed by atoms with Crippen LogP contribution in [-0.4, -0.2) is 31.4 Å². The van der Waals surface area contributed by atoms with Gasteiger partial charge >= 0.3 is 0 Å². The van der Waals surface area contributed by atoms with E-state index in [-0.39, 0.29) is 12.5 Å². The van der Waals surface area contributed by atoms with Crippen molar-refractivity contribution < 1.29 is 13.5 Å². The number of rotatable bonds is 5. The molecule has 0 amide bonds. The number of nitrogens with one attached hydrogen (secondary N) is 1. The maximum atomic E-state index is 11.3. The fourth-order valence-electron chi connectivity index (χ4n) is 1.04. The Balaban J connectivity index is 2.40. The molecule has 0 radical (unpaired) electrons. The van der Waals surface area contributed by atoms with Crippen LogP contribution in [0.15, 0.2) is 0 Å². The molecule has 2 unspecified atom stereocenters. The first-order chi connectivity index (χ1) is 6.47. The van der Waals surface area contributed by atoms with E-state index in [9.17, 15) is 13.5 Å². The van der Waals surface area contributed by atoms with Crippen molar-refractivity contribution in [2.75, 3.05) is 6.54 Å². The van der Waals surface area contributed by atoms with Crippen molar-refractivity contribution in [3.05, 3.63) is 0 Å². The summed E-state index contributed by atoms with van der Waals surface area (Å²) in [4.78, 5) is 0. The maximum Gasteiger partial charge on any atom is 0.227 e. The quantitative estimate of drug-likeness (QED) is 0.656. The summed E-state index contributed by atoms with van der Waals surface area (Å²) in [6.07, 6.45) is 1.29. The Morgan fingerprint density at radius 1 is 1.64 bits per heavy atom. The Morgan fingerprint density at radius 3 is 2.64 bits per heavy atom. The highest BCUT2D eigenvalue weighted by atomic mass is 32.2. The van der Waals surface area contributed by atoms with Gasteiger partial charge in [0.25, 0.3) is 0 Å². The van der Waals surface area contributed by atoms with E-state index >= 15 is 0 Å². The van der Waals surface area contributed by atoms with Gasteiger partial charge in [0.2, 0.25) is 10.0 Å². The third-order valence-corrected chi connectivity index (χ3v) is 3.91. The summed E-state index contributed by atoms with van der Waals surface area (Å²) in [5.74, 6) is 0.232. The number of aliphatic hydroxyl groups is 1. The molecule has 1 rings (SSSR count). The van der Waals surface area contributed by atoms with E-state index < -0.39 is 21.4 Å². The summed E-state index contributed by atoms with van der Waals surface area (Å²) in [6, 6.07) is 1.64. The SMILES string of the molecule is CC(C#N)S(=O)(=O)NCC(O)C1CC1. The highest BCUT2D eigenvalue weighted by molar-refractivity contribution is 7.90. The van der Waals surface area contributed by atoms with Crippen LogP contribution < -0.4 is 4.72 Å². The molecular formula is C8H14N2O3S. The third-order valence-electron chi connectivity index (χ3n) is 2.31. The summed E-state index contributed by atoms with van der Waals surface area (Å²) < 4.78 is 24.8. The molecule has 5 nitrogen and oxygen atoms in total. The lowest BCUT2D eigenvalue weighted by Gasteiger charge is -2.11. The smallest absolute Gasteiger partial charge is 0.227 e. The highest BCUT2D eigenvalue weighted by Crippen LogP contribution is 2.32. The summed E-state index contributed by atoms with van der Waals surface area (Å²) in [5, 5.41) is 16.7. The van der Waals surface area contributed by atoms with Crippen LogP contribution in [0, 0.1) is 17.2 Å². The lowest BCUT2D eigenvalue weighted by molar-refractivity contribution is 0.155. The van der Waals surface area contributed by atoms with Crippen LogP contribution in [0.4, 0.5) is 0 Å². The van der Waals surface area contributed by atoms with Gasteiger partial charge in [0, 0.05) is 6.54 Å². The van der Waals surface area contributed by atoms with Crippen LogP contribution >= 0.6 is 0 Å². The van der Waals surface area contributed by atoms with E-state index in [1.807, 2.05) is 0 Å². The monoisotopic (exact) mass is 218 g/mol. The van der Waals surface area contributed by atoms with Gasteiger partial charge in [-0.25, -0.2) is 13.1 Å². The Morgan fingerprint density at radius 2 is 2.21 bits per heavy atom. The average Bonchev–Trinajstić information content (AvgIpc) is 2.96. The van der Waals surface area contributed by atoms with Crippen molar-refractivity contribution in [2.45, 2.75) is 31.1 Å². The van der Waals surface area contributed by atoms with Crippen molar-refractivity contribution >= 4 is 10.0 Å². The van der Waals surface area contributed by atoms with Gasteiger partial charge < -0.3 is 5.11 Å². The summed E-state index contributed by atoms with van der Waals surface area (Å²) in [5.41, 5.74) is 0. The maximum absolute atomic E-state index is 11.3. The first-order valence-electron chi connectivity index (χ1n) is 4.53. The topological polar surface area (TPSA) is 90.2 Å². The van der Waals surface area contributed by atoms with E-state index in [4.69, 9.17) is 5.26 Å². The van der Waals surface area contributed by atoms with E-state index in [1.165, 1.54) is 6.92 Å². The largest absolute Gasteiger partial charge is 0.391 e. The second kappa shape index (κ2) is 4.26. The molecule has 1 fully saturated rings. The molecule has 2 N–H and O–H groups in total. The van der Waals surface area contributed by atoms with Gasteiger partial charge in [0.1, 0.15) is 0 Å². The molecule has 0 aromatic carbocycles. The number of nitrogens with zero attached hydrogens (tertiary/aromatic N) is 1. The molecule has 1 aliphatic carbocycles. The first kappa shape index (κ1) is 11.4. The lowest BCUT2D eigenvalue weighted by atomic mass is 10.2. The van der Waals surface area contributed by atoms with Crippen molar-refractivity contribution in [3.63, 3.8) is 0 Å². The van der Waals surface area contributed by atoms with Gasteiger partial charge in [0.05, 0.1) is 12.2 Å². The van der Waals surface area contributed by atoms with E-state index in [0.29, 0.717) is 0 Å². The van der Waals surface area contributed by atoms with Crippen molar-refractivity contribution in [1.29, 1.82) is 5.26 Å². The number of hydrogen-bond donors (Lipinski definition) is 2. The molecule has 2 atom stereocenters. The summed E-state index contributed by atoms with van der Waals surface area (Å²) in [6.45, 7) is 1.32. The first-order valence-corrected chi connectivity index (χ1v) is 6.08. The van der Waals surface area contributed by atoms with Gasteiger partial charge in [-0.15, -0.1) is 0 Å². The Hall–Kier alpha value is -0.640. The molecule has 0 aromatic heterocycles. The number of aliphatic hydroxyl groups excluding tert-OH is 1. The predicted octanol–water partition coefficient (Wildman–Crippen LogP) is -0.411. The standard InChI is InChI=1S/C8H14N2O3S/c1-6(4-9)14(12,13)10-5-8(11)7-2-3-7/h6-8,10-11H,2-3,5H2,1H3. The molecule has 0 heterocycles. The molecule has 0 saturated heterocycles. The third kappa shape index (κ3) is 2.94. The molecule has 0 aromatic rings. The lowest BCUT2D eigenvalue weighted by Crippen LogP contribution is -2.37. The fourth-order valence-corrected chi connectivity index (χ4v) is 1.84. The van der Waals surface area contributed by atoms with Crippen LogP contribution in [0.1, 0.15) is 19.8 Å². The van der Waals surface area contributed by atoms with Gasteiger partial charge in [0.15, 0.2) is 5.25 Å². The minimum atomic E-state index is -3.58. The second-order valence-corrected chi connectivity index (χ2v) is 5.66. The zero-order valence-corrected chi connectivity index (χ0v) is 8.79. The number of nitriles is 1. The zero-order chi connectivity index (χ0) is 10.8. The summed E-state index contributed by atoms with van der Waals surface area (Å²) in [7, 11) is -3.58. The Kier molecular flexibility index (Phi) is 3.48. The van der Waals surface area contributed by atoms with Crippen LogP contribution in [0.25, 0.3) is 0 Å². The molecule has 0 bridgehead atoms. The molecule has 6 heteroatoms. The number of hydrogen-bond acceptors (Lipinski definition) is 4. The van der Waals surface area contributed by atoms with Gasteiger partial charge in [-0.3, -0.25) is 0 Å². The van der Waals surface area contributed by atoms with E-state index in [1.54, 1.807) is 6.07 Å². The van der Waals surface area contributed by atoms with E-state index in [0.717, 1.165) is 12.8 Å². The molecule has 0 spiro atoms. The van der Waals surface area contributed by atoms with Gasteiger partial charge in [-0.2, -0.15) is 5.26 Å². The molecule has 80 valence electrons. The highest BCUT2D eigenvalue weighted by Gasteiger charge is 2.31. The molecule has 14 heavy (non-hydrogen) atoms. The molecule has 0 aliphatic heterocycles. The van der Waals surface area contributed by atoms with Gasteiger partial charge in [-0.1, -0.05) is 0 Å². The zero-order valence-electron chi connectivity index (χ0n) is 7.97. The second-order valence-electron chi connectivity index (χ2n) is 3.57. The van der Waals surface area contributed by atoms with Crippen LogP contribution in [0.5, 0.6) is 0 Å². The number of sulfonamides is 1. The van der Waals surface area contributed by atoms with Crippen LogP contribution in [-0.2, 0) is 10.0 Å². The van der Waals surface area contributed by atoms with Crippen molar-refractivity contribution in [3.8, 4) is 6.07 Å². The minimum Gasteiger partial charge on any atom is -0.391 e. The van der Waals surface area contributed by atoms with Crippen LogP contribution in [0.2, 0.25) is 0 Å². The van der Waals surface area contributed by atoms with Crippen LogP contribution in [0.3, 0.4) is 0 Å². The molecular weight excluding hydrogens is 204 g/mol. The van der Waals surface area contributed by atoms with Crippen molar-refractivity contribution in [2.24, 2.45) is 5.92 Å². The fraction of sp³-hybridized carbons (Fsp3) is 0.875. The summed E-state index contributed by atoms with van der Waals surface area (Å²) >= 11 is 0. The molecule has 1 saturated carbocycles. The Labute approximate surface area is 83.8 Å². The Bertz CT molecular complexity index is 329. The molecule has 1 aliphatic rings.